The van der Waals surface area contributed by atoms with E-state index in [0.717, 1.165) is 30.6 Å². The van der Waals surface area contributed by atoms with Crippen LogP contribution in [0.5, 0.6) is 0 Å². The number of quaternary nitrogens is 1. The van der Waals surface area contributed by atoms with Gasteiger partial charge in [-0.15, -0.1) is 11.3 Å². The van der Waals surface area contributed by atoms with E-state index in [-0.39, 0.29) is 33.5 Å². The summed E-state index contributed by atoms with van der Waals surface area (Å²) in [6, 6.07) is 7.07. The minimum absolute atomic E-state index is 0.100. The van der Waals surface area contributed by atoms with Crippen molar-refractivity contribution in [2.45, 2.75) is 42.6 Å². The molecule has 0 N–H and O–H groups in total. The highest BCUT2D eigenvalue weighted by molar-refractivity contribution is 9.11. The van der Waals surface area contributed by atoms with Gasteiger partial charge >= 0.3 is 22.2 Å². The summed E-state index contributed by atoms with van der Waals surface area (Å²) < 4.78 is 66.8. The number of benzene rings is 1. The average Bonchev–Trinajstić information content (AvgIpc) is 3.46. The minimum Gasteiger partial charge on any atom is -0.338 e. The van der Waals surface area contributed by atoms with E-state index >= 15 is 0 Å². The molecule has 1 unspecified atom stereocenters. The smallest absolute Gasteiger partial charge is 0.338 e. The zero-order valence-electron chi connectivity index (χ0n) is 20.8. The number of fused-ring (bicyclic) bond motifs is 1. The van der Waals surface area contributed by atoms with E-state index in [4.69, 9.17) is 4.84 Å². The second-order valence-electron chi connectivity index (χ2n) is 9.17. The maximum absolute atomic E-state index is 14.1. The third kappa shape index (κ3) is 4.92. The number of nitrogens with zero attached hydrogens (tertiary/aromatic N) is 3. The third-order valence-electron chi connectivity index (χ3n) is 6.80. The monoisotopic (exact) mass is 636 g/mol. The van der Waals surface area contributed by atoms with E-state index in [1.807, 2.05) is 7.05 Å². The quantitative estimate of drug-likeness (QED) is 0.428. The SMILES string of the molecule is CCc1cccc2c1[N+](OC(=O)C(F)(F)F)(S(=O)(=O)c1ccc(Br)s1)C=C2C(=O)N(C)C1CCN(C)CC1. The molecule has 0 radical (unpaired) electrons. The highest BCUT2D eigenvalue weighted by Crippen LogP contribution is 2.50. The van der Waals surface area contributed by atoms with E-state index in [0.29, 0.717) is 22.2 Å². The molecule has 0 spiro atoms. The average molecular weight is 638 g/mol. The van der Waals surface area contributed by atoms with Crippen molar-refractivity contribution >= 4 is 60.4 Å². The molecule has 4 rings (SSSR count). The maximum atomic E-state index is 14.1. The van der Waals surface area contributed by atoms with Crippen molar-refractivity contribution in [1.82, 2.24) is 13.9 Å². The fourth-order valence-corrected chi connectivity index (χ4v) is 8.57. The number of carbonyl (C=O) groups excluding carboxylic acids is 2. The Morgan fingerprint density at radius 1 is 1.21 bits per heavy atom. The number of halogens is 4. The first-order valence-corrected chi connectivity index (χ1v) is 14.8. The lowest BCUT2D eigenvalue weighted by Gasteiger charge is -2.35. The van der Waals surface area contributed by atoms with E-state index in [2.05, 4.69) is 20.8 Å². The summed E-state index contributed by atoms with van der Waals surface area (Å²) in [5, 5.41) is 0. The Morgan fingerprint density at radius 3 is 2.42 bits per heavy atom. The number of hydrogen-bond acceptors (Lipinski definition) is 7. The van der Waals surface area contributed by atoms with Crippen LogP contribution in [-0.2, 0) is 30.9 Å². The fourth-order valence-electron chi connectivity index (χ4n) is 4.73. The first-order chi connectivity index (χ1) is 17.7. The van der Waals surface area contributed by atoms with Crippen molar-refractivity contribution in [3.8, 4) is 0 Å². The topological polar surface area (TPSA) is 84.0 Å². The predicted octanol–water partition coefficient (Wildman–Crippen LogP) is 4.70. The summed E-state index contributed by atoms with van der Waals surface area (Å²) in [7, 11) is -1.32. The summed E-state index contributed by atoms with van der Waals surface area (Å²) in [4.78, 5) is 34.6. The summed E-state index contributed by atoms with van der Waals surface area (Å²) in [5.41, 5.74) is 0.0594. The van der Waals surface area contributed by atoms with Crippen molar-refractivity contribution in [3.63, 3.8) is 0 Å². The standard InChI is InChI=1S/C24H26BrF3N3O5S2/c1-4-15-6-5-7-17-18(22(32)30(3)16-10-12-29(2)13-11-16)14-31(21(15)17,36-23(33)24(26,27)28)38(34,35)20-9-8-19(25)37-20/h5-9,14,16H,4,10-13H2,1-3H3/q+1. The van der Waals surface area contributed by atoms with Crippen LogP contribution in [-0.4, -0.2) is 69.5 Å². The molecule has 8 nitrogen and oxygen atoms in total. The highest BCUT2D eigenvalue weighted by atomic mass is 79.9. The van der Waals surface area contributed by atoms with Gasteiger partial charge in [-0.3, -0.25) is 4.79 Å². The number of hydrogen-bond donors (Lipinski definition) is 0. The number of thiophene rings is 1. The van der Waals surface area contributed by atoms with Gasteiger partial charge in [-0.2, -0.15) is 21.6 Å². The number of amides is 1. The van der Waals surface area contributed by atoms with Gasteiger partial charge in [0, 0.05) is 22.7 Å². The van der Waals surface area contributed by atoms with Gasteiger partial charge in [0.2, 0.25) is 5.69 Å². The van der Waals surface area contributed by atoms with Crippen LogP contribution in [0, 0.1) is 0 Å². The van der Waals surface area contributed by atoms with Crippen LogP contribution in [0.15, 0.2) is 44.5 Å². The van der Waals surface area contributed by atoms with Crippen LogP contribution in [0.3, 0.4) is 0 Å². The molecule has 1 atom stereocenters. The first-order valence-electron chi connectivity index (χ1n) is 11.7. The van der Waals surface area contributed by atoms with Crippen LogP contribution < -0.4 is 4.05 Å². The molecule has 0 aliphatic carbocycles. The molecule has 14 heteroatoms. The van der Waals surface area contributed by atoms with Crippen molar-refractivity contribution in [3.05, 3.63) is 51.4 Å². The number of rotatable bonds is 6. The molecule has 1 amide bonds. The number of aryl methyl sites for hydroxylation is 1. The van der Waals surface area contributed by atoms with Crippen LogP contribution in [0.2, 0.25) is 0 Å². The molecule has 2 aromatic rings. The van der Waals surface area contributed by atoms with Crippen molar-refractivity contribution < 1.29 is 36.0 Å². The van der Waals surface area contributed by atoms with Gasteiger partial charge in [0.05, 0.1) is 9.35 Å². The lowest BCUT2D eigenvalue weighted by Crippen LogP contribution is -2.52. The summed E-state index contributed by atoms with van der Waals surface area (Å²) in [6.07, 6.45) is -3.10. The zero-order chi connectivity index (χ0) is 28.0. The number of alkyl halides is 3. The molecular formula is C24H26BrF3N3O5S2+. The third-order valence-corrected chi connectivity index (χ3v) is 10.8. The lowest BCUT2D eigenvalue weighted by molar-refractivity contribution is -0.215. The maximum Gasteiger partial charge on any atom is 0.497 e. The van der Waals surface area contributed by atoms with Gasteiger partial charge < -0.3 is 9.80 Å². The molecular weight excluding hydrogens is 611 g/mol. The molecule has 3 heterocycles. The molecule has 1 fully saturated rings. The van der Waals surface area contributed by atoms with Crippen molar-refractivity contribution in [2.24, 2.45) is 0 Å². The number of carbonyl (C=O) groups is 2. The second-order valence-corrected chi connectivity index (χ2v) is 13.8. The van der Waals surface area contributed by atoms with E-state index in [1.54, 1.807) is 20.0 Å². The molecule has 0 saturated carbocycles. The molecule has 38 heavy (non-hydrogen) atoms. The molecule has 1 saturated heterocycles. The molecule has 1 aromatic carbocycles. The molecule has 2 aliphatic rings. The van der Waals surface area contributed by atoms with Crippen molar-refractivity contribution in [2.75, 3.05) is 27.2 Å². The summed E-state index contributed by atoms with van der Waals surface area (Å²) >= 11 is 3.93. The summed E-state index contributed by atoms with van der Waals surface area (Å²) in [5.74, 6) is -3.26. The molecule has 0 bridgehead atoms. The summed E-state index contributed by atoms with van der Waals surface area (Å²) in [6.45, 7) is 3.19. The Hall–Kier alpha value is -2.26. The van der Waals surface area contributed by atoms with E-state index in [9.17, 15) is 31.2 Å². The number of hydroxylamine groups is 1. The second kappa shape index (κ2) is 10.4. The molecule has 206 valence electrons. The van der Waals surface area contributed by atoms with E-state index in [1.165, 1.54) is 29.2 Å². The van der Waals surface area contributed by atoms with Gasteiger partial charge in [-0.1, -0.05) is 19.1 Å². The number of likely N-dealkylation sites (tertiary alicyclic amines) is 1. The van der Waals surface area contributed by atoms with E-state index < -0.39 is 32.1 Å². The number of likely N-dealkylation sites (N-methyl/N-ethyl adjacent to an activating group) is 1. The van der Waals surface area contributed by atoms with Gasteiger partial charge in [0.15, 0.2) is 10.4 Å². The Bertz CT molecular complexity index is 1400. The van der Waals surface area contributed by atoms with Gasteiger partial charge in [-0.25, -0.2) is 9.63 Å². The van der Waals surface area contributed by atoms with Crippen molar-refractivity contribution in [1.29, 1.82) is 0 Å². The Morgan fingerprint density at radius 2 is 1.87 bits per heavy atom. The minimum atomic E-state index is -5.48. The highest BCUT2D eigenvalue weighted by Gasteiger charge is 2.61. The van der Waals surface area contributed by atoms with Gasteiger partial charge in [0.1, 0.15) is 5.57 Å². The first kappa shape index (κ1) is 28.7. The Balaban J connectivity index is 1.95. The predicted molar refractivity (Wildman–Crippen MR) is 140 cm³/mol. The van der Waals surface area contributed by atoms with Gasteiger partial charge in [-0.05, 0) is 73.5 Å². The van der Waals surface area contributed by atoms with Gasteiger partial charge in [0.25, 0.3) is 5.91 Å². The Kier molecular flexibility index (Phi) is 7.85. The lowest BCUT2D eigenvalue weighted by atomic mass is 9.99. The largest absolute Gasteiger partial charge is 0.497 e. The molecule has 2 aliphatic heterocycles. The fraction of sp³-hybridized carbons (Fsp3) is 0.417. The van der Waals surface area contributed by atoms with Crippen LogP contribution in [0.4, 0.5) is 18.9 Å². The number of para-hydroxylation sites is 1. The Labute approximate surface area is 231 Å². The van der Waals surface area contributed by atoms with Crippen LogP contribution in [0.1, 0.15) is 30.9 Å². The number of sulfonamides is 1. The number of piperidine rings is 1. The molecule has 1 aromatic heterocycles. The zero-order valence-corrected chi connectivity index (χ0v) is 24.0. The van der Waals surface area contributed by atoms with Crippen LogP contribution in [0.25, 0.3) is 5.57 Å². The normalized spacial score (nSPS) is 20.7. The van der Waals surface area contributed by atoms with Crippen LogP contribution >= 0.6 is 27.3 Å².